The van der Waals surface area contributed by atoms with Gasteiger partial charge in [0.2, 0.25) is 0 Å². The van der Waals surface area contributed by atoms with Gasteiger partial charge in [-0.15, -0.1) is 0 Å². The Morgan fingerprint density at radius 1 is 0.812 bits per heavy atom. The zero-order chi connectivity index (χ0) is 22.7. The topological polar surface area (TPSA) is 67.9 Å². The highest BCUT2D eigenvalue weighted by Gasteiger charge is 2.40. The molecule has 0 spiro atoms. The third-order valence-electron chi connectivity index (χ3n) is 5.35. The zero-order valence-electron chi connectivity index (χ0n) is 18.2. The molecule has 1 aliphatic heterocycles. The van der Waals surface area contributed by atoms with Gasteiger partial charge in [-0.2, -0.15) is 0 Å². The fourth-order valence-electron chi connectivity index (χ4n) is 3.81. The molecule has 0 fully saturated rings. The average Bonchev–Trinajstić information content (AvgIpc) is 3.03. The number of anilines is 1. The number of nitrogens with one attached hydrogen (secondary N) is 1. The number of rotatable bonds is 7. The molecule has 0 bridgehead atoms. The van der Waals surface area contributed by atoms with Crippen LogP contribution in [0.15, 0.2) is 78.5 Å². The Hall–Kier alpha value is -4.06. The lowest BCUT2D eigenvalue weighted by atomic mass is 10.0. The smallest absolute Gasteiger partial charge is 0.278 e. The van der Waals surface area contributed by atoms with E-state index in [1.807, 2.05) is 61.5 Å². The first-order valence-corrected chi connectivity index (χ1v) is 10.2. The predicted octanol–water partition coefficient (Wildman–Crippen LogP) is 4.40. The number of ether oxygens (including phenoxy) is 2. The van der Waals surface area contributed by atoms with Gasteiger partial charge in [-0.3, -0.25) is 14.5 Å². The van der Waals surface area contributed by atoms with Crippen molar-refractivity contribution in [1.82, 2.24) is 4.90 Å². The molecule has 6 nitrogen and oxygen atoms in total. The van der Waals surface area contributed by atoms with Crippen LogP contribution in [0.3, 0.4) is 0 Å². The number of amides is 2. The SMILES string of the molecule is COc1ccccc1CN1C(=O)C(Nc2cccc(C)c2)=C(c2ccccc2OC)C1=O. The van der Waals surface area contributed by atoms with Crippen molar-refractivity contribution in [2.45, 2.75) is 13.5 Å². The summed E-state index contributed by atoms with van der Waals surface area (Å²) in [5.74, 6) is 0.349. The molecule has 0 radical (unpaired) electrons. The van der Waals surface area contributed by atoms with Crippen molar-refractivity contribution in [3.63, 3.8) is 0 Å². The fraction of sp³-hybridized carbons (Fsp3) is 0.154. The van der Waals surface area contributed by atoms with Gasteiger partial charge in [-0.25, -0.2) is 0 Å². The summed E-state index contributed by atoms with van der Waals surface area (Å²) in [6, 6.07) is 22.2. The molecular weight excluding hydrogens is 404 g/mol. The van der Waals surface area contributed by atoms with Crippen molar-refractivity contribution in [3.05, 3.63) is 95.2 Å². The van der Waals surface area contributed by atoms with E-state index in [0.29, 0.717) is 17.1 Å². The van der Waals surface area contributed by atoms with Crippen molar-refractivity contribution >= 4 is 23.1 Å². The standard InChI is InChI=1S/C26H24N2O4/c1-17-9-8-11-19(15-17)27-24-23(20-12-5-7-14-22(20)32-3)25(29)28(26(24)30)16-18-10-4-6-13-21(18)31-2/h4-15,27H,16H2,1-3H3. The molecule has 4 rings (SSSR count). The maximum atomic E-state index is 13.6. The Labute approximate surface area is 187 Å². The fourth-order valence-corrected chi connectivity index (χ4v) is 3.81. The van der Waals surface area contributed by atoms with Crippen LogP contribution in [0.2, 0.25) is 0 Å². The van der Waals surface area contributed by atoms with E-state index in [2.05, 4.69) is 5.32 Å². The minimum absolute atomic E-state index is 0.0966. The van der Waals surface area contributed by atoms with Crippen LogP contribution in [-0.2, 0) is 16.1 Å². The molecule has 6 heteroatoms. The zero-order valence-corrected chi connectivity index (χ0v) is 18.2. The predicted molar refractivity (Wildman–Crippen MR) is 123 cm³/mol. The second-order valence-corrected chi connectivity index (χ2v) is 7.45. The summed E-state index contributed by atoms with van der Waals surface area (Å²) in [7, 11) is 3.11. The first-order chi connectivity index (χ1) is 15.5. The van der Waals surface area contributed by atoms with Crippen LogP contribution in [0.5, 0.6) is 11.5 Å². The largest absolute Gasteiger partial charge is 0.496 e. The van der Waals surface area contributed by atoms with Gasteiger partial charge in [-0.05, 0) is 36.8 Å². The summed E-state index contributed by atoms with van der Waals surface area (Å²) in [5, 5.41) is 3.19. The number of carbonyl (C=O) groups excluding carboxylic acids is 2. The Balaban J connectivity index is 1.79. The molecule has 0 atom stereocenters. The van der Waals surface area contributed by atoms with Crippen LogP contribution in [-0.4, -0.2) is 30.9 Å². The van der Waals surface area contributed by atoms with Gasteiger partial charge < -0.3 is 14.8 Å². The highest BCUT2D eigenvalue weighted by atomic mass is 16.5. The van der Waals surface area contributed by atoms with Gasteiger partial charge in [0.1, 0.15) is 17.2 Å². The van der Waals surface area contributed by atoms with Crippen molar-refractivity contribution < 1.29 is 19.1 Å². The summed E-state index contributed by atoms with van der Waals surface area (Å²) < 4.78 is 10.9. The lowest BCUT2D eigenvalue weighted by molar-refractivity contribution is -0.137. The molecule has 0 aromatic heterocycles. The van der Waals surface area contributed by atoms with E-state index >= 15 is 0 Å². The van der Waals surface area contributed by atoms with E-state index < -0.39 is 5.91 Å². The van der Waals surface area contributed by atoms with E-state index in [1.165, 1.54) is 4.90 Å². The molecule has 3 aromatic rings. The number of aryl methyl sites for hydroxylation is 1. The molecule has 32 heavy (non-hydrogen) atoms. The molecule has 2 amide bonds. The molecule has 162 valence electrons. The Kier molecular flexibility index (Phi) is 5.94. The highest BCUT2D eigenvalue weighted by Crippen LogP contribution is 2.36. The molecule has 1 aliphatic rings. The van der Waals surface area contributed by atoms with Crippen molar-refractivity contribution in [2.75, 3.05) is 19.5 Å². The molecule has 0 unspecified atom stereocenters. The number of hydrogen-bond acceptors (Lipinski definition) is 5. The van der Waals surface area contributed by atoms with Gasteiger partial charge in [0.05, 0.1) is 26.3 Å². The molecular formula is C26H24N2O4. The van der Waals surface area contributed by atoms with Crippen molar-refractivity contribution in [2.24, 2.45) is 0 Å². The third kappa shape index (κ3) is 3.95. The second kappa shape index (κ2) is 8.98. The second-order valence-electron chi connectivity index (χ2n) is 7.45. The third-order valence-corrected chi connectivity index (χ3v) is 5.35. The number of hydrogen-bond donors (Lipinski definition) is 1. The molecule has 1 heterocycles. The summed E-state index contributed by atoms with van der Waals surface area (Å²) in [5.41, 5.74) is 3.58. The van der Waals surface area contributed by atoms with Crippen molar-refractivity contribution in [1.29, 1.82) is 0 Å². The monoisotopic (exact) mass is 428 g/mol. The molecule has 3 aromatic carbocycles. The quantitative estimate of drug-likeness (QED) is 0.565. The van der Waals surface area contributed by atoms with Crippen LogP contribution < -0.4 is 14.8 Å². The van der Waals surface area contributed by atoms with Crippen LogP contribution in [0.25, 0.3) is 5.57 Å². The van der Waals surface area contributed by atoms with Gasteiger partial charge >= 0.3 is 0 Å². The van der Waals surface area contributed by atoms with Crippen LogP contribution >= 0.6 is 0 Å². The first kappa shape index (κ1) is 21.2. The summed E-state index contributed by atoms with van der Waals surface area (Å²) >= 11 is 0. The van der Waals surface area contributed by atoms with Gasteiger partial charge in [0.15, 0.2) is 0 Å². The van der Waals surface area contributed by atoms with Gasteiger partial charge in [0, 0.05) is 16.8 Å². The average molecular weight is 428 g/mol. The number of methoxy groups -OCH3 is 2. The van der Waals surface area contributed by atoms with Crippen LogP contribution in [0, 0.1) is 6.92 Å². The van der Waals surface area contributed by atoms with E-state index in [4.69, 9.17) is 9.47 Å². The molecule has 0 aliphatic carbocycles. The molecule has 1 N–H and O–H groups in total. The van der Waals surface area contributed by atoms with E-state index in [1.54, 1.807) is 32.4 Å². The van der Waals surface area contributed by atoms with E-state index in [-0.39, 0.29) is 23.7 Å². The Bertz CT molecular complexity index is 1220. The lowest BCUT2D eigenvalue weighted by Crippen LogP contribution is -2.32. The Morgan fingerprint density at radius 2 is 1.50 bits per heavy atom. The summed E-state index contributed by atoms with van der Waals surface area (Å²) in [6.45, 7) is 2.07. The van der Waals surface area contributed by atoms with E-state index in [0.717, 1.165) is 16.8 Å². The Morgan fingerprint density at radius 3 is 2.22 bits per heavy atom. The maximum absolute atomic E-state index is 13.6. The lowest BCUT2D eigenvalue weighted by Gasteiger charge is -2.17. The van der Waals surface area contributed by atoms with Gasteiger partial charge in [-0.1, -0.05) is 48.5 Å². The molecule has 0 saturated heterocycles. The van der Waals surface area contributed by atoms with Crippen LogP contribution in [0.1, 0.15) is 16.7 Å². The normalized spacial score (nSPS) is 13.5. The minimum Gasteiger partial charge on any atom is -0.496 e. The molecule has 0 saturated carbocycles. The highest BCUT2D eigenvalue weighted by molar-refractivity contribution is 6.37. The van der Waals surface area contributed by atoms with Crippen molar-refractivity contribution in [3.8, 4) is 11.5 Å². The minimum atomic E-state index is -0.400. The van der Waals surface area contributed by atoms with Gasteiger partial charge in [0.25, 0.3) is 11.8 Å². The number of carbonyl (C=O) groups is 2. The van der Waals surface area contributed by atoms with E-state index in [9.17, 15) is 9.59 Å². The first-order valence-electron chi connectivity index (χ1n) is 10.2. The number of benzene rings is 3. The maximum Gasteiger partial charge on any atom is 0.278 e. The number of nitrogens with zero attached hydrogens (tertiary/aromatic N) is 1. The number of imide groups is 1. The number of para-hydroxylation sites is 2. The summed E-state index contributed by atoms with van der Waals surface area (Å²) in [6.07, 6.45) is 0. The summed E-state index contributed by atoms with van der Waals surface area (Å²) in [4.78, 5) is 28.3. The van der Waals surface area contributed by atoms with Crippen LogP contribution in [0.4, 0.5) is 5.69 Å².